The highest BCUT2D eigenvalue weighted by Gasteiger charge is 2.20. The van der Waals surface area contributed by atoms with Crippen LogP contribution in [0.2, 0.25) is 5.02 Å². The van der Waals surface area contributed by atoms with Gasteiger partial charge in [-0.2, -0.15) is 12.7 Å². The van der Waals surface area contributed by atoms with Crippen LogP contribution in [0.3, 0.4) is 0 Å². The minimum Gasteiger partial charge on any atom is -0.480 e. The van der Waals surface area contributed by atoms with E-state index in [1.165, 1.54) is 12.1 Å². The molecule has 0 aliphatic carbocycles. The normalized spacial score (nSPS) is 11.5. The molecule has 0 aromatic heterocycles. The van der Waals surface area contributed by atoms with E-state index in [1.54, 1.807) is 12.1 Å². The Morgan fingerprint density at radius 2 is 2.06 bits per heavy atom. The van der Waals surface area contributed by atoms with Crippen molar-refractivity contribution in [3.63, 3.8) is 0 Å². The molecule has 0 aliphatic heterocycles. The summed E-state index contributed by atoms with van der Waals surface area (Å²) < 4.78 is 26.2. The zero-order valence-electron chi connectivity index (χ0n) is 8.92. The van der Waals surface area contributed by atoms with Crippen molar-refractivity contribution in [1.29, 1.82) is 0 Å². The summed E-state index contributed by atoms with van der Waals surface area (Å²) in [6.07, 6.45) is 0. The Balaban J connectivity index is 2.87. The van der Waals surface area contributed by atoms with Gasteiger partial charge in [-0.25, -0.2) is 0 Å². The molecule has 0 saturated carbocycles. The van der Waals surface area contributed by atoms with Crippen LogP contribution in [0.4, 0.5) is 5.69 Å². The lowest BCUT2D eigenvalue weighted by Crippen LogP contribution is -2.36. The SMILES string of the molecule is CN(CC(=O)O)S(=O)(=O)Nc1ccccc1Cl. The standard InChI is InChI=1S/C9H11ClN2O4S/c1-12(6-9(13)14)17(15,16)11-8-5-3-2-4-7(8)10/h2-5,11H,6H2,1H3,(H,13,14). The smallest absolute Gasteiger partial charge is 0.318 e. The molecule has 0 spiro atoms. The van der Waals surface area contributed by atoms with E-state index in [0.717, 1.165) is 7.05 Å². The van der Waals surface area contributed by atoms with Gasteiger partial charge >= 0.3 is 16.2 Å². The summed E-state index contributed by atoms with van der Waals surface area (Å²) in [6, 6.07) is 6.27. The molecule has 94 valence electrons. The maximum atomic E-state index is 11.7. The lowest BCUT2D eigenvalue weighted by atomic mass is 10.3. The van der Waals surface area contributed by atoms with Crippen molar-refractivity contribution in [2.24, 2.45) is 0 Å². The number of carbonyl (C=O) groups is 1. The number of nitrogens with one attached hydrogen (secondary N) is 1. The summed E-state index contributed by atoms with van der Waals surface area (Å²) in [7, 11) is -2.75. The third-order valence-electron chi connectivity index (χ3n) is 1.88. The topological polar surface area (TPSA) is 86.7 Å². The number of benzene rings is 1. The molecule has 0 aliphatic rings. The van der Waals surface area contributed by atoms with Crippen LogP contribution in [0.15, 0.2) is 24.3 Å². The van der Waals surface area contributed by atoms with Gasteiger partial charge in [0.2, 0.25) is 0 Å². The fourth-order valence-electron chi connectivity index (χ4n) is 1.04. The van der Waals surface area contributed by atoms with Crippen LogP contribution >= 0.6 is 11.6 Å². The molecule has 0 radical (unpaired) electrons. The van der Waals surface area contributed by atoms with Gasteiger partial charge in [0, 0.05) is 7.05 Å². The van der Waals surface area contributed by atoms with Crippen molar-refractivity contribution in [3.05, 3.63) is 29.3 Å². The molecule has 0 saturated heterocycles. The summed E-state index contributed by atoms with van der Waals surface area (Å²) in [6.45, 7) is -0.625. The number of rotatable bonds is 5. The average Bonchev–Trinajstić information content (AvgIpc) is 2.20. The number of aliphatic carboxylic acids is 1. The molecule has 1 aromatic carbocycles. The highest BCUT2D eigenvalue weighted by molar-refractivity contribution is 7.90. The minimum atomic E-state index is -3.91. The lowest BCUT2D eigenvalue weighted by molar-refractivity contribution is -0.137. The lowest BCUT2D eigenvalue weighted by Gasteiger charge is -2.16. The van der Waals surface area contributed by atoms with Gasteiger partial charge < -0.3 is 5.11 Å². The number of anilines is 1. The van der Waals surface area contributed by atoms with Gasteiger partial charge in [-0.15, -0.1) is 0 Å². The van der Waals surface area contributed by atoms with Crippen LogP contribution in [0.25, 0.3) is 0 Å². The Morgan fingerprint density at radius 3 is 2.59 bits per heavy atom. The Labute approximate surface area is 104 Å². The molecule has 0 fully saturated rings. The van der Waals surface area contributed by atoms with Crippen molar-refractivity contribution in [2.45, 2.75) is 0 Å². The van der Waals surface area contributed by atoms with E-state index in [4.69, 9.17) is 16.7 Å². The van der Waals surface area contributed by atoms with E-state index in [1.807, 2.05) is 0 Å². The Morgan fingerprint density at radius 1 is 1.47 bits per heavy atom. The molecule has 1 rings (SSSR count). The van der Waals surface area contributed by atoms with E-state index < -0.39 is 22.7 Å². The van der Waals surface area contributed by atoms with Crippen LogP contribution in [0.5, 0.6) is 0 Å². The molecule has 1 aromatic rings. The van der Waals surface area contributed by atoms with Gasteiger partial charge in [0.1, 0.15) is 6.54 Å². The van der Waals surface area contributed by atoms with Crippen molar-refractivity contribution in [2.75, 3.05) is 18.3 Å². The first-order valence-electron chi connectivity index (χ1n) is 4.53. The molecule has 2 N–H and O–H groups in total. The molecule has 0 atom stereocenters. The van der Waals surface area contributed by atoms with Crippen LogP contribution < -0.4 is 4.72 Å². The van der Waals surface area contributed by atoms with Crippen molar-refractivity contribution in [1.82, 2.24) is 4.31 Å². The van der Waals surface area contributed by atoms with Gasteiger partial charge in [-0.05, 0) is 12.1 Å². The first-order valence-corrected chi connectivity index (χ1v) is 6.35. The van der Waals surface area contributed by atoms with E-state index in [-0.39, 0.29) is 10.7 Å². The predicted octanol–water partition coefficient (Wildman–Crippen LogP) is 1.01. The summed E-state index contributed by atoms with van der Waals surface area (Å²) in [5.74, 6) is -1.24. The summed E-state index contributed by atoms with van der Waals surface area (Å²) in [5.41, 5.74) is 0.200. The number of para-hydroxylation sites is 1. The molecule has 0 heterocycles. The minimum absolute atomic E-state index is 0.200. The van der Waals surface area contributed by atoms with Crippen LogP contribution in [-0.2, 0) is 15.0 Å². The third-order valence-corrected chi connectivity index (χ3v) is 3.64. The molecular weight excluding hydrogens is 268 g/mol. The summed E-state index contributed by atoms with van der Waals surface area (Å²) in [5, 5.41) is 8.74. The summed E-state index contributed by atoms with van der Waals surface area (Å²) in [4.78, 5) is 10.4. The summed E-state index contributed by atoms with van der Waals surface area (Å²) >= 11 is 5.78. The first kappa shape index (κ1) is 13.8. The molecule has 17 heavy (non-hydrogen) atoms. The average molecular weight is 279 g/mol. The van der Waals surface area contributed by atoms with Crippen LogP contribution in [0.1, 0.15) is 0 Å². The van der Waals surface area contributed by atoms with Gasteiger partial charge in [0.15, 0.2) is 0 Å². The molecule has 6 nitrogen and oxygen atoms in total. The van der Waals surface area contributed by atoms with E-state index in [0.29, 0.717) is 4.31 Å². The zero-order chi connectivity index (χ0) is 13.1. The van der Waals surface area contributed by atoms with E-state index in [9.17, 15) is 13.2 Å². The number of likely N-dealkylation sites (N-methyl/N-ethyl adjacent to an activating group) is 1. The predicted molar refractivity (Wildman–Crippen MR) is 64.3 cm³/mol. The largest absolute Gasteiger partial charge is 0.480 e. The monoisotopic (exact) mass is 278 g/mol. The van der Waals surface area contributed by atoms with Gasteiger partial charge in [0.25, 0.3) is 0 Å². The highest BCUT2D eigenvalue weighted by Crippen LogP contribution is 2.22. The Hall–Kier alpha value is -1.31. The quantitative estimate of drug-likeness (QED) is 0.842. The number of carboxylic acids is 1. The molecule has 0 bridgehead atoms. The first-order chi connectivity index (χ1) is 7.83. The Bertz CT molecular complexity index is 517. The number of hydrogen-bond acceptors (Lipinski definition) is 3. The molecular formula is C9H11ClN2O4S. The number of halogens is 1. The molecule has 0 unspecified atom stereocenters. The van der Waals surface area contributed by atoms with Crippen molar-refractivity contribution >= 4 is 33.5 Å². The van der Waals surface area contributed by atoms with Gasteiger partial charge in [-0.3, -0.25) is 9.52 Å². The van der Waals surface area contributed by atoms with Crippen molar-refractivity contribution in [3.8, 4) is 0 Å². The van der Waals surface area contributed by atoms with E-state index in [2.05, 4.69) is 4.72 Å². The maximum absolute atomic E-state index is 11.7. The Kier molecular flexibility index (Phi) is 4.33. The number of carboxylic acid groups (broad SMARTS) is 1. The second kappa shape index (κ2) is 5.35. The van der Waals surface area contributed by atoms with Crippen LogP contribution in [-0.4, -0.2) is 37.4 Å². The van der Waals surface area contributed by atoms with Crippen molar-refractivity contribution < 1.29 is 18.3 Å². The molecule has 8 heteroatoms. The molecule has 0 amide bonds. The van der Waals surface area contributed by atoms with Gasteiger partial charge in [0.05, 0.1) is 10.7 Å². The number of hydrogen-bond donors (Lipinski definition) is 2. The highest BCUT2D eigenvalue weighted by atomic mass is 35.5. The second-order valence-corrected chi connectivity index (χ2v) is 5.42. The van der Waals surface area contributed by atoms with Gasteiger partial charge in [-0.1, -0.05) is 23.7 Å². The van der Waals surface area contributed by atoms with E-state index >= 15 is 0 Å². The third kappa shape index (κ3) is 3.88. The fourth-order valence-corrected chi connectivity index (χ4v) is 2.17. The maximum Gasteiger partial charge on any atom is 0.318 e. The number of nitrogens with zero attached hydrogens (tertiary/aromatic N) is 1. The second-order valence-electron chi connectivity index (χ2n) is 3.24. The van der Waals surface area contributed by atoms with Crippen LogP contribution in [0, 0.1) is 0 Å². The zero-order valence-corrected chi connectivity index (χ0v) is 10.5. The fraction of sp³-hybridized carbons (Fsp3) is 0.222.